The second-order valence-electron chi connectivity index (χ2n) is 4.02. The first kappa shape index (κ1) is 14.6. The molecule has 0 radical (unpaired) electrons. The van der Waals surface area contributed by atoms with E-state index in [1.807, 2.05) is 11.7 Å². The quantitative estimate of drug-likeness (QED) is 0.818. The van der Waals surface area contributed by atoms with Crippen LogP contribution in [0.3, 0.4) is 0 Å². The van der Waals surface area contributed by atoms with Crippen molar-refractivity contribution < 1.29 is 9.47 Å². The van der Waals surface area contributed by atoms with Gasteiger partial charge in [0.2, 0.25) is 0 Å². The number of aromatic nitrogens is 2. The lowest BCUT2D eigenvalue weighted by molar-refractivity contribution is -0.124. The molecule has 1 heterocycles. The second-order valence-corrected chi connectivity index (χ2v) is 4.88. The highest BCUT2D eigenvalue weighted by atomic mass is 79.9. The fourth-order valence-corrected chi connectivity index (χ4v) is 2.34. The number of methoxy groups -OCH3 is 2. The molecule has 0 aromatic carbocycles. The number of hydrogen-bond donors (Lipinski definition) is 1. The zero-order chi connectivity index (χ0) is 13.0. The topological polar surface area (TPSA) is 48.3 Å². The number of hydrogen-bond acceptors (Lipinski definition) is 4. The van der Waals surface area contributed by atoms with E-state index in [1.54, 1.807) is 20.4 Å². The van der Waals surface area contributed by atoms with E-state index in [2.05, 4.69) is 40.2 Å². The van der Waals surface area contributed by atoms with Gasteiger partial charge < -0.3 is 14.8 Å². The molecule has 1 rings (SSSR count). The van der Waals surface area contributed by atoms with Crippen LogP contribution in [-0.2, 0) is 9.47 Å². The summed E-state index contributed by atoms with van der Waals surface area (Å²) >= 11 is 3.52. The summed E-state index contributed by atoms with van der Waals surface area (Å²) in [5, 5.41) is 7.56. The Morgan fingerprint density at radius 1 is 1.35 bits per heavy atom. The molecule has 5 nitrogen and oxygen atoms in total. The summed E-state index contributed by atoms with van der Waals surface area (Å²) in [6, 6.07) is 0.200. The third kappa shape index (κ3) is 3.07. The van der Waals surface area contributed by atoms with E-state index < -0.39 is 0 Å². The highest BCUT2D eigenvalue weighted by molar-refractivity contribution is 9.10. The zero-order valence-electron chi connectivity index (χ0n) is 10.9. The molecular formula is C11H20BrN3O2. The summed E-state index contributed by atoms with van der Waals surface area (Å²) in [5.74, 6) is 0. The molecule has 1 aromatic rings. The number of rotatable bonds is 6. The molecule has 0 spiro atoms. The Bertz CT molecular complexity index is 350. The van der Waals surface area contributed by atoms with Crippen LogP contribution in [0, 0.1) is 0 Å². The molecule has 0 aliphatic rings. The van der Waals surface area contributed by atoms with Gasteiger partial charge in [0.25, 0.3) is 0 Å². The Hall–Kier alpha value is -0.430. The predicted molar refractivity (Wildman–Crippen MR) is 69.9 cm³/mol. The maximum atomic E-state index is 5.32. The molecule has 0 fully saturated rings. The zero-order valence-corrected chi connectivity index (χ0v) is 12.5. The molecule has 17 heavy (non-hydrogen) atoms. The Kier molecular flexibility index (Phi) is 5.58. The van der Waals surface area contributed by atoms with Crippen LogP contribution in [0.2, 0.25) is 0 Å². The number of ether oxygens (including phenoxy) is 2. The van der Waals surface area contributed by atoms with Gasteiger partial charge in [-0.15, -0.1) is 0 Å². The van der Waals surface area contributed by atoms with Crippen LogP contribution in [0.5, 0.6) is 0 Å². The van der Waals surface area contributed by atoms with Crippen LogP contribution >= 0.6 is 15.9 Å². The Labute approximate surface area is 111 Å². The molecule has 6 heteroatoms. The standard InChI is InChI=1S/C11H20BrN3O2/c1-7(2)15-10(8(12)6-14-15)9(13-3)11(16-4)17-5/h6-7,9,11,13H,1-5H3. The predicted octanol–water partition coefficient (Wildman–Crippen LogP) is 2.11. The van der Waals surface area contributed by atoms with Gasteiger partial charge in [0, 0.05) is 20.3 Å². The van der Waals surface area contributed by atoms with Crippen molar-refractivity contribution in [1.29, 1.82) is 0 Å². The minimum absolute atomic E-state index is 0.0794. The summed E-state index contributed by atoms with van der Waals surface area (Å²) < 4.78 is 13.5. The average Bonchev–Trinajstić information content (AvgIpc) is 2.68. The van der Waals surface area contributed by atoms with Gasteiger partial charge in [-0.1, -0.05) is 0 Å². The van der Waals surface area contributed by atoms with Gasteiger partial charge in [0.15, 0.2) is 6.29 Å². The SMILES string of the molecule is CNC(c1c(Br)cnn1C(C)C)C(OC)OC. The van der Waals surface area contributed by atoms with E-state index in [1.165, 1.54) is 0 Å². The molecule has 1 atom stereocenters. The third-order valence-electron chi connectivity index (χ3n) is 2.62. The van der Waals surface area contributed by atoms with Crippen molar-refractivity contribution in [2.45, 2.75) is 32.2 Å². The monoisotopic (exact) mass is 305 g/mol. The molecule has 0 aliphatic heterocycles. The van der Waals surface area contributed by atoms with Gasteiger partial charge in [-0.25, -0.2) is 0 Å². The van der Waals surface area contributed by atoms with Gasteiger partial charge >= 0.3 is 0 Å². The summed E-state index contributed by atoms with van der Waals surface area (Å²) in [5.41, 5.74) is 1.02. The van der Waals surface area contributed by atoms with E-state index in [9.17, 15) is 0 Å². The lowest BCUT2D eigenvalue weighted by atomic mass is 10.2. The van der Waals surface area contributed by atoms with Gasteiger partial charge in [-0.05, 0) is 36.8 Å². The molecule has 98 valence electrons. The first-order valence-electron chi connectivity index (χ1n) is 5.52. The van der Waals surface area contributed by atoms with Crippen molar-refractivity contribution in [2.24, 2.45) is 0 Å². The first-order chi connectivity index (χ1) is 8.06. The van der Waals surface area contributed by atoms with E-state index in [0.717, 1.165) is 10.2 Å². The summed E-state index contributed by atoms with van der Waals surface area (Å²) in [4.78, 5) is 0. The van der Waals surface area contributed by atoms with Crippen LogP contribution in [0.4, 0.5) is 0 Å². The Balaban J connectivity index is 3.14. The summed E-state index contributed by atoms with van der Waals surface area (Å²) in [6.45, 7) is 4.18. The van der Waals surface area contributed by atoms with E-state index in [0.29, 0.717) is 0 Å². The number of halogens is 1. The molecule has 1 unspecified atom stereocenters. The van der Waals surface area contributed by atoms with Crippen molar-refractivity contribution in [3.63, 3.8) is 0 Å². The average molecular weight is 306 g/mol. The van der Waals surface area contributed by atoms with Crippen LogP contribution in [0.25, 0.3) is 0 Å². The minimum atomic E-state index is -0.356. The van der Waals surface area contributed by atoms with Crippen molar-refractivity contribution in [3.8, 4) is 0 Å². The number of nitrogens with zero attached hydrogens (tertiary/aromatic N) is 2. The van der Waals surface area contributed by atoms with Gasteiger partial charge in [-0.2, -0.15) is 5.10 Å². The number of likely N-dealkylation sites (N-methyl/N-ethyl adjacent to an activating group) is 1. The third-order valence-corrected chi connectivity index (χ3v) is 3.23. The maximum Gasteiger partial charge on any atom is 0.177 e. The van der Waals surface area contributed by atoms with Crippen LogP contribution in [0.15, 0.2) is 10.7 Å². The molecule has 1 N–H and O–H groups in total. The highest BCUT2D eigenvalue weighted by Gasteiger charge is 2.27. The summed E-state index contributed by atoms with van der Waals surface area (Å²) in [7, 11) is 5.13. The molecule has 0 saturated carbocycles. The second kappa shape index (κ2) is 6.49. The van der Waals surface area contributed by atoms with Crippen LogP contribution in [-0.4, -0.2) is 37.3 Å². The number of nitrogens with one attached hydrogen (secondary N) is 1. The largest absolute Gasteiger partial charge is 0.354 e. The van der Waals surface area contributed by atoms with E-state index >= 15 is 0 Å². The maximum absolute atomic E-state index is 5.32. The van der Waals surface area contributed by atoms with E-state index in [-0.39, 0.29) is 18.4 Å². The Morgan fingerprint density at radius 3 is 2.35 bits per heavy atom. The normalized spacial score (nSPS) is 13.6. The molecule has 0 bridgehead atoms. The molecular weight excluding hydrogens is 286 g/mol. The Morgan fingerprint density at radius 2 is 1.94 bits per heavy atom. The van der Waals surface area contributed by atoms with Crippen molar-refractivity contribution in [1.82, 2.24) is 15.1 Å². The lowest BCUT2D eigenvalue weighted by Gasteiger charge is -2.26. The fraction of sp³-hybridized carbons (Fsp3) is 0.727. The molecule has 1 aromatic heterocycles. The lowest BCUT2D eigenvalue weighted by Crippen LogP contribution is -2.34. The van der Waals surface area contributed by atoms with Gasteiger partial charge in [-0.3, -0.25) is 4.68 Å². The smallest absolute Gasteiger partial charge is 0.177 e. The minimum Gasteiger partial charge on any atom is -0.354 e. The first-order valence-corrected chi connectivity index (χ1v) is 6.31. The molecule has 0 amide bonds. The fourth-order valence-electron chi connectivity index (χ4n) is 1.82. The van der Waals surface area contributed by atoms with Crippen molar-refractivity contribution in [2.75, 3.05) is 21.3 Å². The van der Waals surface area contributed by atoms with Gasteiger partial charge in [0.1, 0.15) is 6.04 Å². The highest BCUT2D eigenvalue weighted by Crippen LogP contribution is 2.28. The molecule has 0 aliphatic carbocycles. The van der Waals surface area contributed by atoms with Crippen LogP contribution in [0.1, 0.15) is 31.6 Å². The van der Waals surface area contributed by atoms with Crippen molar-refractivity contribution >= 4 is 15.9 Å². The van der Waals surface area contributed by atoms with Crippen molar-refractivity contribution in [3.05, 3.63) is 16.4 Å². The molecule has 0 saturated heterocycles. The van der Waals surface area contributed by atoms with Gasteiger partial charge in [0.05, 0.1) is 16.4 Å². The summed E-state index contributed by atoms with van der Waals surface area (Å²) in [6.07, 6.45) is 1.44. The van der Waals surface area contributed by atoms with Crippen LogP contribution < -0.4 is 5.32 Å². The van der Waals surface area contributed by atoms with E-state index in [4.69, 9.17) is 9.47 Å².